The number of amides is 2. The van der Waals surface area contributed by atoms with Crippen LogP contribution < -0.4 is 10.7 Å². The Morgan fingerprint density at radius 2 is 1.54 bits per heavy atom. The van der Waals surface area contributed by atoms with E-state index in [-0.39, 0.29) is 22.8 Å². The number of furan rings is 1. The van der Waals surface area contributed by atoms with E-state index in [9.17, 15) is 29.8 Å². The molecular weight excluding hydrogens is 506 g/mol. The third kappa shape index (κ3) is 6.86. The Kier molecular flexibility index (Phi) is 7.97. The summed E-state index contributed by atoms with van der Waals surface area (Å²) in [6, 6.07) is 22.7. The Balaban J connectivity index is 1.51. The standard InChI is InChI=1S/C27H19N5O7/c33-26(19-5-2-1-3-6-19)29-24(15-18-9-11-21(12-10-18)31(35)36)27(34)30-28-17-23-13-14-25(39-23)20-7-4-8-22(16-20)32(37)38/h1-17H,(H,29,33)(H,30,34)/b24-15+,28-17-. The monoisotopic (exact) mass is 525 g/mol. The van der Waals surface area contributed by atoms with Crippen LogP contribution >= 0.6 is 0 Å². The Morgan fingerprint density at radius 1 is 0.821 bits per heavy atom. The number of benzene rings is 3. The van der Waals surface area contributed by atoms with Crippen molar-refractivity contribution in [3.05, 3.63) is 134 Å². The van der Waals surface area contributed by atoms with E-state index in [4.69, 9.17) is 4.42 Å². The minimum atomic E-state index is -0.764. The molecule has 12 nitrogen and oxygen atoms in total. The van der Waals surface area contributed by atoms with Crippen LogP contribution in [0.1, 0.15) is 21.7 Å². The largest absolute Gasteiger partial charge is 0.455 e. The molecule has 0 spiro atoms. The maximum atomic E-state index is 12.9. The van der Waals surface area contributed by atoms with Crippen molar-refractivity contribution < 1.29 is 23.9 Å². The third-order valence-electron chi connectivity index (χ3n) is 5.27. The second-order valence-corrected chi connectivity index (χ2v) is 7.94. The van der Waals surface area contributed by atoms with E-state index < -0.39 is 21.7 Å². The lowest BCUT2D eigenvalue weighted by Crippen LogP contribution is -2.32. The summed E-state index contributed by atoms with van der Waals surface area (Å²) < 4.78 is 5.63. The molecule has 0 unspecified atom stereocenters. The highest BCUT2D eigenvalue weighted by Gasteiger charge is 2.15. The van der Waals surface area contributed by atoms with Gasteiger partial charge in [-0.15, -0.1) is 0 Å². The number of rotatable bonds is 9. The van der Waals surface area contributed by atoms with Gasteiger partial charge in [0.15, 0.2) is 0 Å². The van der Waals surface area contributed by atoms with Gasteiger partial charge in [-0.05, 0) is 48.0 Å². The van der Waals surface area contributed by atoms with Crippen LogP contribution in [-0.2, 0) is 4.79 Å². The molecule has 1 aromatic heterocycles. The van der Waals surface area contributed by atoms with Gasteiger partial charge in [0.1, 0.15) is 17.2 Å². The first-order valence-corrected chi connectivity index (χ1v) is 11.3. The lowest BCUT2D eigenvalue weighted by atomic mass is 10.1. The second kappa shape index (κ2) is 11.9. The molecule has 0 atom stereocenters. The summed E-state index contributed by atoms with van der Waals surface area (Å²) >= 11 is 0. The van der Waals surface area contributed by atoms with E-state index in [1.807, 2.05) is 0 Å². The van der Waals surface area contributed by atoms with E-state index in [1.54, 1.807) is 48.5 Å². The van der Waals surface area contributed by atoms with Gasteiger partial charge >= 0.3 is 0 Å². The van der Waals surface area contributed by atoms with Crippen molar-refractivity contribution in [2.75, 3.05) is 0 Å². The predicted molar refractivity (Wildman–Crippen MR) is 142 cm³/mol. The molecule has 0 fully saturated rings. The molecule has 1 heterocycles. The maximum Gasteiger partial charge on any atom is 0.287 e. The van der Waals surface area contributed by atoms with Crippen LogP contribution in [0, 0.1) is 20.2 Å². The molecule has 2 amide bonds. The Morgan fingerprint density at radius 3 is 2.23 bits per heavy atom. The number of nitro benzene ring substituents is 2. The lowest BCUT2D eigenvalue weighted by Gasteiger charge is -2.09. The number of nitrogens with one attached hydrogen (secondary N) is 2. The minimum Gasteiger partial charge on any atom is -0.455 e. The van der Waals surface area contributed by atoms with Crippen molar-refractivity contribution in [1.29, 1.82) is 0 Å². The van der Waals surface area contributed by atoms with Crippen LogP contribution in [0.15, 0.2) is 106 Å². The first-order valence-electron chi connectivity index (χ1n) is 11.3. The zero-order valence-corrected chi connectivity index (χ0v) is 20.0. The first-order chi connectivity index (χ1) is 18.8. The van der Waals surface area contributed by atoms with Crippen molar-refractivity contribution in [1.82, 2.24) is 10.7 Å². The summed E-state index contributed by atoms with van der Waals surface area (Å²) in [7, 11) is 0. The molecule has 3 aromatic carbocycles. The first kappa shape index (κ1) is 26.2. The molecule has 0 aliphatic carbocycles. The van der Waals surface area contributed by atoms with Crippen molar-refractivity contribution >= 4 is 35.5 Å². The van der Waals surface area contributed by atoms with Crippen molar-refractivity contribution in [3.8, 4) is 11.3 Å². The number of nitrogens with zero attached hydrogens (tertiary/aromatic N) is 3. The van der Waals surface area contributed by atoms with Crippen molar-refractivity contribution in [2.45, 2.75) is 0 Å². The molecule has 0 bridgehead atoms. The lowest BCUT2D eigenvalue weighted by molar-refractivity contribution is -0.385. The van der Waals surface area contributed by atoms with E-state index in [1.165, 1.54) is 54.8 Å². The van der Waals surface area contributed by atoms with Crippen molar-refractivity contribution in [2.24, 2.45) is 5.10 Å². The summed E-state index contributed by atoms with van der Waals surface area (Å²) in [6.45, 7) is 0. The van der Waals surface area contributed by atoms with Gasteiger partial charge in [0, 0.05) is 35.4 Å². The van der Waals surface area contributed by atoms with Gasteiger partial charge in [0.25, 0.3) is 23.2 Å². The second-order valence-electron chi connectivity index (χ2n) is 7.94. The highest BCUT2D eigenvalue weighted by molar-refractivity contribution is 6.05. The quantitative estimate of drug-likeness (QED) is 0.138. The zero-order chi connectivity index (χ0) is 27.8. The van der Waals surface area contributed by atoms with Gasteiger partial charge < -0.3 is 9.73 Å². The van der Waals surface area contributed by atoms with E-state index in [0.29, 0.717) is 22.5 Å². The van der Waals surface area contributed by atoms with Crippen LogP contribution in [0.5, 0.6) is 0 Å². The molecule has 0 radical (unpaired) electrons. The topological polar surface area (TPSA) is 170 Å². The molecule has 12 heteroatoms. The number of hydrogen-bond donors (Lipinski definition) is 2. The molecule has 4 rings (SSSR count). The average Bonchev–Trinajstić information content (AvgIpc) is 3.42. The number of carbonyl (C=O) groups is 2. The molecular formula is C27H19N5O7. The molecule has 0 saturated heterocycles. The highest BCUT2D eigenvalue weighted by Crippen LogP contribution is 2.25. The fourth-order valence-electron chi connectivity index (χ4n) is 3.37. The molecule has 0 aliphatic rings. The van der Waals surface area contributed by atoms with Crippen LogP contribution in [-0.4, -0.2) is 27.9 Å². The van der Waals surface area contributed by atoms with Crippen LogP contribution in [0.2, 0.25) is 0 Å². The average molecular weight is 525 g/mol. The van der Waals surface area contributed by atoms with Gasteiger partial charge in [-0.1, -0.05) is 30.3 Å². The van der Waals surface area contributed by atoms with Gasteiger partial charge in [-0.25, -0.2) is 5.43 Å². The Bertz CT molecular complexity index is 1590. The van der Waals surface area contributed by atoms with Crippen LogP contribution in [0.4, 0.5) is 11.4 Å². The fraction of sp³-hybridized carbons (Fsp3) is 0. The predicted octanol–water partition coefficient (Wildman–Crippen LogP) is 4.68. The van der Waals surface area contributed by atoms with Gasteiger partial charge in [0.2, 0.25) is 0 Å². The normalized spacial score (nSPS) is 11.2. The summed E-state index contributed by atoms with van der Waals surface area (Å²) in [5.41, 5.74) is 3.16. The van der Waals surface area contributed by atoms with Gasteiger partial charge in [-0.2, -0.15) is 5.10 Å². The molecule has 194 valence electrons. The molecule has 0 saturated carbocycles. The van der Waals surface area contributed by atoms with Crippen molar-refractivity contribution in [3.63, 3.8) is 0 Å². The minimum absolute atomic E-state index is 0.0868. The molecule has 2 N–H and O–H groups in total. The summed E-state index contributed by atoms with van der Waals surface area (Å²) in [4.78, 5) is 46.4. The number of carbonyl (C=O) groups excluding carboxylic acids is 2. The number of nitro groups is 2. The fourth-order valence-corrected chi connectivity index (χ4v) is 3.37. The zero-order valence-electron chi connectivity index (χ0n) is 20.0. The summed E-state index contributed by atoms with van der Waals surface area (Å²) in [5.74, 6) is -0.693. The van der Waals surface area contributed by atoms with E-state index in [2.05, 4.69) is 15.8 Å². The Hall–Kier alpha value is -5.91. The molecule has 0 aliphatic heterocycles. The maximum absolute atomic E-state index is 12.9. The summed E-state index contributed by atoms with van der Waals surface area (Å²) in [6.07, 6.45) is 2.57. The van der Waals surface area contributed by atoms with Gasteiger partial charge in [-0.3, -0.25) is 29.8 Å². The van der Waals surface area contributed by atoms with E-state index in [0.717, 1.165) is 0 Å². The number of hydrogen-bond acceptors (Lipinski definition) is 8. The third-order valence-corrected chi connectivity index (χ3v) is 5.27. The summed E-state index contributed by atoms with van der Waals surface area (Å²) in [5, 5.41) is 28.3. The number of hydrazone groups is 1. The molecule has 4 aromatic rings. The van der Waals surface area contributed by atoms with Gasteiger partial charge in [0.05, 0.1) is 16.1 Å². The molecule has 39 heavy (non-hydrogen) atoms. The SMILES string of the molecule is O=C(N/N=C\c1ccc(-c2cccc([N+](=O)[O-])c2)o1)/C(=C\c1ccc([N+](=O)[O-])cc1)NC(=O)c1ccccc1. The van der Waals surface area contributed by atoms with E-state index >= 15 is 0 Å². The smallest absolute Gasteiger partial charge is 0.287 e. The van der Waals surface area contributed by atoms with Crippen LogP contribution in [0.3, 0.4) is 0 Å². The Labute approximate surface area is 220 Å². The number of non-ortho nitro benzene ring substituents is 2. The van der Waals surface area contributed by atoms with Crippen LogP contribution in [0.25, 0.3) is 17.4 Å². The highest BCUT2D eigenvalue weighted by atomic mass is 16.6.